The van der Waals surface area contributed by atoms with Crippen LogP contribution in [0.5, 0.6) is 0 Å². The molecule has 2 aromatic rings. The zero-order valence-corrected chi connectivity index (χ0v) is 12.6. The van der Waals surface area contributed by atoms with Crippen LogP contribution in [0.25, 0.3) is 10.9 Å². The average molecular weight is 287 g/mol. The van der Waals surface area contributed by atoms with Gasteiger partial charge in [0.15, 0.2) is 5.15 Å². The Hall–Kier alpha value is -1.15. The number of hydrogen-bond acceptors (Lipinski definition) is 2. The number of nitrogens with zero attached hydrogens (tertiary/aromatic N) is 2. The zero-order chi connectivity index (χ0) is 13.7. The van der Waals surface area contributed by atoms with E-state index in [9.17, 15) is 0 Å². The average Bonchev–Trinajstić information content (AvgIpc) is 2.90. The number of fused-ring (bicyclic) bond motifs is 2. The van der Waals surface area contributed by atoms with Gasteiger partial charge < -0.3 is 0 Å². The molecule has 2 aliphatic carbocycles. The summed E-state index contributed by atoms with van der Waals surface area (Å²) in [7, 11) is 0. The second kappa shape index (κ2) is 4.42. The molecule has 0 atom stereocenters. The van der Waals surface area contributed by atoms with Gasteiger partial charge in [0.1, 0.15) is 5.52 Å². The first-order valence-corrected chi connectivity index (χ1v) is 7.99. The standard InChI is InChI=1S/C17H19ClN2/c1-11-12-5-9-19-16(18)15(12)20-14-4-8-17(10-13(11)14)6-2-3-7-17/h5,9H,2-4,6-8,10H2,1H3. The summed E-state index contributed by atoms with van der Waals surface area (Å²) in [6.07, 6.45) is 11.0. The van der Waals surface area contributed by atoms with E-state index in [1.165, 1.54) is 60.7 Å². The third-order valence-corrected chi connectivity index (χ3v) is 5.72. The number of aromatic nitrogens is 2. The van der Waals surface area contributed by atoms with E-state index in [-0.39, 0.29) is 0 Å². The van der Waals surface area contributed by atoms with Crippen molar-refractivity contribution in [1.29, 1.82) is 0 Å². The topological polar surface area (TPSA) is 25.8 Å². The van der Waals surface area contributed by atoms with E-state index < -0.39 is 0 Å². The van der Waals surface area contributed by atoms with Crippen molar-refractivity contribution in [2.24, 2.45) is 5.41 Å². The molecular formula is C17H19ClN2. The van der Waals surface area contributed by atoms with Gasteiger partial charge in [0.25, 0.3) is 0 Å². The summed E-state index contributed by atoms with van der Waals surface area (Å²) >= 11 is 6.22. The predicted molar refractivity (Wildman–Crippen MR) is 82.2 cm³/mol. The van der Waals surface area contributed by atoms with Gasteiger partial charge >= 0.3 is 0 Å². The molecule has 0 aromatic carbocycles. The van der Waals surface area contributed by atoms with Crippen LogP contribution in [-0.2, 0) is 12.8 Å². The van der Waals surface area contributed by atoms with Crippen molar-refractivity contribution >= 4 is 22.5 Å². The van der Waals surface area contributed by atoms with Gasteiger partial charge in [-0.25, -0.2) is 9.97 Å². The van der Waals surface area contributed by atoms with Crippen molar-refractivity contribution in [3.8, 4) is 0 Å². The van der Waals surface area contributed by atoms with E-state index >= 15 is 0 Å². The van der Waals surface area contributed by atoms with Gasteiger partial charge in [-0.3, -0.25) is 0 Å². The molecule has 1 saturated carbocycles. The summed E-state index contributed by atoms with van der Waals surface area (Å²) in [6.45, 7) is 2.23. The summed E-state index contributed by atoms with van der Waals surface area (Å²) in [5.41, 5.74) is 5.59. The third-order valence-electron chi connectivity index (χ3n) is 5.44. The highest BCUT2D eigenvalue weighted by atomic mass is 35.5. The van der Waals surface area contributed by atoms with Crippen molar-refractivity contribution < 1.29 is 0 Å². The number of aryl methyl sites for hydroxylation is 2. The van der Waals surface area contributed by atoms with Crippen molar-refractivity contribution in [1.82, 2.24) is 9.97 Å². The van der Waals surface area contributed by atoms with Crippen LogP contribution < -0.4 is 0 Å². The number of pyridine rings is 2. The zero-order valence-electron chi connectivity index (χ0n) is 11.9. The minimum Gasteiger partial charge on any atom is -0.249 e. The minimum atomic E-state index is 0.537. The number of halogens is 1. The van der Waals surface area contributed by atoms with Gasteiger partial charge in [0, 0.05) is 17.3 Å². The molecule has 2 nitrogen and oxygen atoms in total. The quantitative estimate of drug-likeness (QED) is 0.659. The largest absolute Gasteiger partial charge is 0.249 e. The maximum Gasteiger partial charge on any atom is 0.155 e. The lowest BCUT2D eigenvalue weighted by molar-refractivity contribution is 0.252. The van der Waals surface area contributed by atoms with Gasteiger partial charge in [-0.1, -0.05) is 24.4 Å². The molecule has 0 aliphatic heterocycles. The molecule has 104 valence electrons. The fraction of sp³-hybridized carbons (Fsp3) is 0.529. The first kappa shape index (κ1) is 12.6. The second-order valence-corrected chi connectivity index (χ2v) is 6.90. The van der Waals surface area contributed by atoms with Crippen LogP contribution in [-0.4, -0.2) is 9.97 Å². The lowest BCUT2D eigenvalue weighted by atomic mass is 9.70. The molecular weight excluding hydrogens is 268 g/mol. The Kier molecular flexibility index (Phi) is 2.78. The highest BCUT2D eigenvalue weighted by Gasteiger charge is 2.38. The Morgan fingerprint density at radius 1 is 1.20 bits per heavy atom. The molecule has 0 radical (unpaired) electrons. The Morgan fingerprint density at radius 2 is 2.00 bits per heavy atom. The van der Waals surface area contributed by atoms with Gasteiger partial charge in [0.2, 0.25) is 0 Å². The summed E-state index contributed by atoms with van der Waals surface area (Å²) in [6, 6.07) is 2.06. The number of hydrogen-bond donors (Lipinski definition) is 0. The number of rotatable bonds is 0. The van der Waals surface area contributed by atoms with Crippen molar-refractivity contribution in [2.45, 2.75) is 51.9 Å². The molecule has 2 aliphatic rings. The van der Waals surface area contributed by atoms with E-state index in [0.717, 1.165) is 11.9 Å². The lowest BCUT2D eigenvalue weighted by Gasteiger charge is -2.35. The summed E-state index contributed by atoms with van der Waals surface area (Å²) in [5.74, 6) is 0. The molecule has 4 rings (SSSR count). The van der Waals surface area contributed by atoms with Crippen LogP contribution in [0.4, 0.5) is 0 Å². The van der Waals surface area contributed by atoms with E-state index in [2.05, 4.69) is 18.0 Å². The van der Waals surface area contributed by atoms with E-state index in [1.807, 2.05) is 0 Å². The second-order valence-electron chi connectivity index (χ2n) is 6.54. The molecule has 3 heteroatoms. The Labute approximate surface area is 124 Å². The lowest BCUT2D eigenvalue weighted by Crippen LogP contribution is -2.27. The van der Waals surface area contributed by atoms with Gasteiger partial charge in [-0.05, 0) is 61.6 Å². The summed E-state index contributed by atoms with van der Waals surface area (Å²) in [4.78, 5) is 9.01. The molecule has 0 bridgehead atoms. The summed E-state index contributed by atoms with van der Waals surface area (Å²) < 4.78 is 0. The SMILES string of the molecule is Cc1c2c(nc3c(Cl)nccc13)CCC1(CCCC1)C2. The van der Waals surface area contributed by atoms with Gasteiger partial charge in [0.05, 0.1) is 0 Å². The van der Waals surface area contributed by atoms with Crippen LogP contribution in [0.3, 0.4) is 0 Å². The normalized spacial score (nSPS) is 20.5. The Balaban J connectivity index is 1.90. The van der Waals surface area contributed by atoms with Crippen LogP contribution in [0.2, 0.25) is 5.15 Å². The molecule has 2 heterocycles. The first-order chi connectivity index (χ1) is 9.69. The Morgan fingerprint density at radius 3 is 2.80 bits per heavy atom. The Bertz CT molecular complexity index is 687. The maximum atomic E-state index is 6.22. The molecule has 20 heavy (non-hydrogen) atoms. The fourth-order valence-electron chi connectivity index (χ4n) is 4.26. The van der Waals surface area contributed by atoms with Crippen LogP contribution in [0.1, 0.15) is 48.9 Å². The molecule has 0 amide bonds. The first-order valence-electron chi connectivity index (χ1n) is 7.61. The fourth-order valence-corrected chi connectivity index (χ4v) is 4.46. The van der Waals surface area contributed by atoms with E-state index in [0.29, 0.717) is 10.6 Å². The van der Waals surface area contributed by atoms with Crippen LogP contribution in [0.15, 0.2) is 12.3 Å². The molecule has 1 fully saturated rings. The maximum absolute atomic E-state index is 6.22. The molecule has 0 saturated heterocycles. The van der Waals surface area contributed by atoms with Gasteiger partial charge in [-0.2, -0.15) is 0 Å². The highest BCUT2D eigenvalue weighted by Crippen LogP contribution is 2.48. The minimum absolute atomic E-state index is 0.537. The molecule has 0 unspecified atom stereocenters. The highest BCUT2D eigenvalue weighted by molar-refractivity contribution is 6.33. The van der Waals surface area contributed by atoms with Gasteiger partial charge in [-0.15, -0.1) is 0 Å². The smallest absolute Gasteiger partial charge is 0.155 e. The third kappa shape index (κ3) is 1.77. The summed E-state index contributed by atoms with van der Waals surface area (Å²) in [5, 5.41) is 1.72. The van der Waals surface area contributed by atoms with Crippen LogP contribution >= 0.6 is 11.6 Å². The molecule has 1 spiro atoms. The molecule has 0 N–H and O–H groups in total. The monoisotopic (exact) mass is 286 g/mol. The van der Waals surface area contributed by atoms with Crippen molar-refractivity contribution in [3.63, 3.8) is 0 Å². The molecule has 2 aromatic heterocycles. The predicted octanol–water partition coefficient (Wildman–Crippen LogP) is 4.64. The van der Waals surface area contributed by atoms with Crippen molar-refractivity contribution in [2.75, 3.05) is 0 Å². The van der Waals surface area contributed by atoms with Crippen molar-refractivity contribution in [3.05, 3.63) is 34.2 Å². The van der Waals surface area contributed by atoms with Crippen LogP contribution in [0, 0.1) is 12.3 Å². The van der Waals surface area contributed by atoms with E-state index in [1.54, 1.807) is 6.20 Å². The van der Waals surface area contributed by atoms with E-state index in [4.69, 9.17) is 16.6 Å².